The van der Waals surface area contributed by atoms with Gasteiger partial charge in [-0.2, -0.15) is 0 Å². The van der Waals surface area contributed by atoms with E-state index in [2.05, 4.69) is 61.1 Å². The van der Waals surface area contributed by atoms with E-state index in [4.69, 9.17) is 0 Å². The van der Waals surface area contributed by atoms with Crippen molar-refractivity contribution in [3.63, 3.8) is 0 Å². The zero-order chi connectivity index (χ0) is 16.7. The maximum Gasteiger partial charge on any atom is 0.228 e. The van der Waals surface area contributed by atoms with E-state index in [-0.39, 0.29) is 5.91 Å². The van der Waals surface area contributed by atoms with Gasteiger partial charge in [0.1, 0.15) is 5.82 Å². The van der Waals surface area contributed by atoms with Gasteiger partial charge in [-0.05, 0) is 71.9 Å². The summed E-state index contributed by atoms with van der Waals surface area (Å²) >= 11 is 6.80. The van der Waals surface area contributed by atoms with Gasteiger partial charge in [0.2, 0.25) is 5.91 Å². The summed E-state index contributed by atoms with van der Waals surface area (Å²) in [5.74, 6) is 0.853. The fraction of sp³-hybridized carbons (Fsp3) is 0.333. The summed E-state index contributed by atoms with van der Waals surface area (Å²) in [6, 6.07) is 12.1. The number of aryl methyl sites for hydroxylation is 1. The molecular formula is C18H20Br2N2O. The van der Waals surface area contributed by atoms with Crippen LogP contribution in [0.3, 0.4) is 0 Å². The molecule has 0 spiro atoms. The van der Waals surface area contributed by atoms with Crippen LogP contribution in [-0.2, 0) is 11.2 Å². The summed E-state index contributed by atoms with van der Waals surface area (Å²) in [7, 11) is 0. The maximum atomic E-state index is 12.4. The molecule has 0 fully saturated rings. The topological polar surface area (TPSA) is 33.2 Å². The lowest BCUT2D eigenvalue weighted by molar-refractivity contribution is -0.118. The predicted molar refractivity (Wildman–Crippen MR) is 102 cm³/mol. The van der Waals surface area contributed by atoms with E-state index in [1.54, 1.807) is 11.1 Å². The number of rotatable bonds is 7. The second-order valence-corrected chi connectivity index (χ2v) is 7.14. The van der Waals surface area contributed by atoms with Crippen LogP contribution in [0.4, 0.5) is 5.82 Å². The number of unbranched alkanes of at least 4 members (excludes halogenated alkanes) is 1. The molecule has 1 amide bonds. The summed E-state index contributed by atoms with van der Waals surface area (Å²) in [5, 5.41) is 0. The molecule has 0 aliphatic heterocycles. The van der Waals surface area contributed by atoms with Crippen molar-refractivity contribution in [1.29, 1.82) is 0 Å². The lowest BCUT2D eigenvalue weighted by Crippen LogP contribution is -2.31. The first-order valence-electron chi connectivity index (χ1n) is 7.76. The monoisotopic (exact) mass is 438 g/mol. The summed E-state index contributed by atoms with van der Waals surface area (Å²) < 4.78 is 2.01. The Kier molecular flexibility index (Phi) is 7.24. The van der Waals surface area contributed by atoms with E-state index in [0.29, 0.717) is 18.8 Å². The first-order valence-corrected chi connectivity index (χ1v) is 9.35. The molecule has 0 atom stereocenters. The SMILES string of the molecule is CCN(C(=O)CCCCc1ccc(Br)cc1)c1ccc(Br)cn1. The molecule has 1 aromatic heterocycles. The van der Waals surface area contributed by atoms with E-state index in [0.717, 1.165) is 28.2 Å². The van der Waals surface area contributed by atoms with Gasteiger partial charge in [-0.1, -0.05) is 28.1 Å². The maximum absolute atomic E-state index is 12.4. The average Bonchev–Trinajstić information content (AvgIpc) is 2.56. The predicted octanol–water partition coefficient (Wildman–Crippen LogP) is 5.37. The Balaban J connectivity index is 1.80. The number of benzene rings is 1. The number of nitrogens with zero attached hydrogens (tertiary/aromatic N) is 2. The van der Waals surface area contributed by atoms with E-state index < -0.39 is 0 Å². The molecule has 0 saturated carbocycles. The minimum absolute atomic E-state index is 0.137. The van der Waals surface area contributed by atoms with Crippen LogP contribution >= 0.6 is 31.9 Å². The van der Waals surface area contributed by atoms with Crippen LogP contribution in [0.5, 0.6) is 0 Å². The molecule has 1 heterocycles. The quantitative estimate of drug-likeness (QED) is 0.543. The molecular weight excluding hydrogens is 420 g/mol. The van der Waals surface area contributed by atoms with Gasteiger partial charge >= 0.3 is 0 Å². The van der Waals surface area contributed by atoms with Gasteiger partial charge in [-0.3, -0.25) is 9.69 Å². The largest absolute Gasteiger partial charge is 0.297 e. The number of carbonyl (C=O) groups excluding carboxylic acids is 1. The molecule has 2 aromatic rings. The van der Waals surface area contributed by atoms with Crippen molar-refractivity contribution in [2.24, 2.45) is 0 Å². The van der Waals surface area contributed by atoms with Crippen molar-refractivity contribution in [1.82, 2.24) is 4.98 Å². The van der Waals surface area contributed by atoms with Crippen molar-refractivity contribution in [2.45, 2.75) is 32.6 Å². The number of hydrogen-bond acceptors (Lipinski definition) is 2. The number of anilines is 1. The van der Waals surface area contributed by atoms with Gasteiger partial charge in [-0.15, -0.1) is 0 Å². The standard InChI is InChI=1S/C18H20Br2N2O/c1-2-22(17-12-11-16(20)13-21-17)18(23)6-4-3-5-14-7-9-15(19)10-8-14/h7-13H,2-6H2,1H3. The zero-order valence-corrected chi connectivity index (χ0v) is 16.3. The minimum atomic E-state index is 0.137. The van der Waals surface area contributed by atoms with E-state index in [9.17, 15) is 4.79 Å². The molecule has 122 valence electrons. The molecule has 2 rings (SSSR count). The number of hydrogen-bond donors (Lipinski definition) is 0. The highest BCUT2D eigenvalue weighted by Gasteiger charge is 2.14. The molecule has 0 radical (unpaired) electrons. The molecule has 5 heteroatoms. The Morgan fingerprint density at radius 1 is 1.04 bits per heavy atom. The van der Waals surface area contributed by atoms with Gasteiger partial charge in [0, 0.05) is 28.1 Å². The lowest BCUT2D eigenvalue weighted by Gasteiger charge is -2.19. The second kappa shape index (κ2) is 9.18. The van der Waals surface area contributed by atoms with Crippen LogP contribution < -0.4 is 4.90 Å². The summed E-state index contributed by atoms with van der Waals surface area (Å²) in [6.07, 6.45) is 5.19. The molecule has 0 aliphatic carbocycles. The third-order valence-electron chi connectivity index (χ3n) is 3.62. The Bertz CT molecular complexity index is 626. The third kappa shape index (κ3) is 5.74. The molecule has 1 aromatic carbocycles. The molecule has 0 saturated heterocycles. The van der Waals surface area contributed by atoms with Gasteiger partial charge in [0.15, 0.2) is 0 Å². The van der Waals surface area contributed by atoms with Crippen LogP contribution in [0.1, 0.15) is 31.7 Å². The fourth-order valence-corrected chi connectivity index (χ4v) is 2.88. The Morgan fingerprint density at radius 3 is 2.35 bits per heavy atom. The highest BCUT2D eigenvalue weighted by molar-refractivity contribution is 9.10. The van der Waals surface area contributed by atoms with Crippen molar-refractivity contribution in [3.8, 4) is 0 Å². The van der Waals surface area contributed by atoms with Gasteiger partial charge in [0.05, 0.1) is 0 Å². The lowest BCUT2D eigenvalue weighted by atomic mass is 10.1. The number of aromatic nitrogens is 1. The number of amides is 1. The molecule has 3 nitrogen and oxygen atoms in total. The van der Waals surface area contributed by atoms with Crippen molar-refractivity contribution in [2.75, 3.05) is 11.4 Å². The van der Waals surface area contributed by atoms with Crippen LogP contribution in [0, 0.1) is 0 Å². The van der Waals surface area contributed by atoms with Crippen LogP contribution in [-0.4, -0.2) is 17.4 Å². The van der Waals surface area contributed by atoms with Crippen molar-refractivity contribution >= 4 is 43.6 Å². The Morgan fingerprint density at radius 2 is 1.74 bits per heavy atom. The molecule has 0 unspecified atom stereocenters. The summed E-state index contributed by atoms with van der Waals surface area (Å²) in [4.78, 5) is 18.4. The van der Waals surface area contributed by atoms with Crippen molar-refractivity contribution < 1.29 is 4.79 Å². The fourth-order valence-electron chi connectivity index (χ4n) is 2.39. The zero-order valence-electron chi connectivity index (χ0n) is 13.1. The first kappa shape index (κ1) is 18.1. The highest BCUT2D eigenvalue weighted by Crippen LogP contribution is 2.17. The molecule has 23 heavy (non-hydrogen) atoms. The molecule has 0 bridgehead atoms. The highest BCUT2D eigenvalue weighted by atomic mass is 79.9. The Labute approximate surface area is 154 Å². The van der Waals surface area contributed by atoms with Crippen LogP contribution in [0.15, 0.2) is 51.5 Å². The Hall–Kier alpha value is -1.20. The average molecular weight is 440 g/mol. The third-order valence-corrected chi connectivity index (χ3v) is 4.62. The molecule has 0 aliphatic rings. The summed E-state index contributed by atoms with van der Waals surface area (Å²) in [6.45, 7) is 2.61. The van der Waals surface area contributed by atoms with Crippen LogP contribution in [0.25, 0.3) is 0 Å². The minimum Gasteiger partial charge on any atom is -0.297 e. The second-order valence-electron chi connectivity index (χ2n) is 5.31. The first-order chi connectivity index (χ1) is 11.1. The van der Waals surface area contributed by atoms with Crippen molar-refractivity contribution in [3.05, 3.63) is 57.1 Å². The number of carbonyl (C=O) groups is 1. The molecule has 0 N–H and O–H groups in total. The van der Waals surface area contributed by atoms with Gasteiger partial charge in [0.25, 0.3) is 0 Å². The van der Waals surface area contributed by atoms with Gasteiger partial charge in [-0.25, -0.2) is 4.98 Å². The van der Waals surface area contributed by atoms with E-state index in [1.165, 1.54) is 5.56 Å². The van der Waals surface area contributed by atoms with Crippen LogP contribution in [0.2, 0.25) is 0 Å². The number of pyridine rings is 1. The normalized spacial score (nSPS) is 10.6. The smallest absolute Gasteiger partial charge is 0.228 e. The number of halogens is 2. The summed E-state index contributed by atoms with van der Waals surface area (Å²) in [5.41, 5.74) is 1.31. The van der Waals surface area contributed by atoms with E-state index in [1.807, 2.05) is 19.1 Å². The van der Waals surface area contributed by atoms with E-state index >= 15 is 0 Å². The van der Waals surface area contributed by atoms with Gasteiger partial charge < -0.3 is 0 Å².